The second kappa shape index (κ2) is 5.64. The number of ether oxygens (including phenoxy) is 1. The zero-order valence-electron chi connectivity index (χ0n) is 10.8. The molecule has 0 spiro atoms. The molecule has 1 fully saturated rings. The van der Waals surface area contributed by atoms with Crippen molar-refractivity contribution in [1.82, 2.24) is 19.9 Å². The lowest BCUT2D eigenvalue weighted by Crippen LogP contribution is -2.32. The first-order valence-corrected chi connectivity index (χ1v) is 6.47. The smallest absolute Gasteiger partial charge is 0.291 e. The van der Waals surface area contributed by atoms with Crippen molar-refractivity contribution < 1.29 is 9.53 Å². The van der Waals surface area contributed by atoms with Crippen molar-refractivity contribution in [3.05, 3.63) is 48.7 Å². The van der Waals surface area contributed by atoms with E-state index in [1.165, 1.54) is 0 Å². The molecule has 20 heavy (non-hydrogen) atoms. The van der Waals surface area contributed by atoms with Crippen LogP contribution in [0.15, 0.2) is 42.9 Å². The monoisotopic (exact) mass is 270 g/mol. The maximum absolute atomic E-state index is 12.2. The van der Waals surface area contributed by atoms with Crippen LogP contribution in [-0.2, 0) is 0 Å². The first-order chi connectivity index (χ1) is 9.83. The minimum absolute atomic E-state index is 0.0300. The third-order valence-corrected chi connectivity index (χ3v) is 3.11. The summed E-state index contributed by atoms with van der Waals surface area (Å²) in [7, 11) is 0. The number of nitrogens with zero attached hydrogens (tertiary/aromatic N) is 4. The third-order valence-electron chi connectivity index (χ3n) is 3.11. The van der Waals surface area contributed by atoms with Gasteiger partial charge in [0.2, 0.25) is 11.7 Å². The lowest BCUT2D eigenvalue weighted by atomic mass is 10.3. The molecule has 0 unspecified atom stereocenters. The second-order valence-corrected chi connectivity index (χ2v) is 4.52. The summed E-state index contributed by atoms with van der Waals surface area (Å²) in [5, 5.41) is 0. The summed E-state index contributed by atoms with van der Waals surface area (Å²) >= 11 is 0. The van der Waals surface area contributed by atoms with Crippen LogP contribution in [0, 0.1) is 0 Å². The van der Waals surface area contributed by atoms with Gasteiger partial charge in [0.1, 0.15) is 6.10 Å². The van der Waals surface area contributed by atoms with Gasteiger partial charge in [0.25, 0.3) is 5.91 Å². The van der Waals surface area contributed by atoms with Gasteiger partial charge < -0.3 is 9.64 Å². The highest BCUT2D eigenvalue weighted by atomic mass is 16.5. The molecule has 0 aliphatic carbocycles. The van der Waals surface area contributed by atoms with E-state index in [-0.39, 0.29) is 17.8 Å². The number of hydrogen-bond acceptors (Lipinski definition) is 5. The lowest BCUT2D eigenvalue weighted by Gasteiger charge is -2.15. The molecule has 1 aliphatic heterocycles. The highest BCUT2D eigenvalue weighted by molar-refractivity contribution is 5.90. The van der Waals surface area contributed by atoms with E-state index in [1.807, 2.05) is 18.2 Å². The van der Waals surface area contributed by atoms with Crippen LogP contribution in [0.3, 0.4) is 0 Å². The normalized spacial score (nSPS) is 18.0. The minimum Gasteiger partial charge on any atom is -0.472 e. The van der Waals surface area contributed by atoms with Crippen LogP contribution in [0.4, 0.5) is 0 Å². The summed E-state index contributed by atoms with van der Waals surface area (Å²) < 4.78 is 5.75. The van der Waals surface area contributed by atoms with E-state index >= 15 is 0 Å². The maximum atomic E-state index is 12.2. The summed E-state index contributed by atoms with van der Waals surface area (Å²) in [5.74, 6) is 0.659. The summed E-state index contributed by atoms with van der Waals surface area (Å²) in [4.78, 5) is 26.0. The first kappa shape index (κ1) is 12.5. The van der Waals surface area contributed by atoms with Crippen molar-refractivity contribution in [3.8, 4) is 5.88 Å². The molecule has 0 bridgehead atoms. The molecule has 102 valence electrons. The van der Waals surface area contributed by atoms with Crippen molar-refractivity contribution in [2.75, 3.05) is 13.1 Å². The second-order valence-electron chi connectivity index (χ2n) is 4.52. The lowest BCUT2D eigenvalue weighted by molar-refractivity contribution is 0.0759. The Hall–Kier alpha value is -2.50. The standard InChI is InChI=1S/C14H14N4O2/c19-14(13-16-7-3-8-17-13)18-9-5-11(10-18)20-12-4-1-2-6-15-12/h1-4,6-8,11H,5,9-10H2/t11-/m1/s1. The minimum atomic E-state index is -0.155. The molecule has 2 aromatic rings. The van der Waals surface area contributed by atoms with Gasteiger partial charge in [-0.3, -0.25) is 4.79 Å². The first-order valence-electron chi connectivity index (χ1n) is 6.47. The van der Waals surface area contributed by atoms with Crippen LogP contribution in [-0.4, -0.2) is 45.0 Å². The Kier molecular flexibility index (Phi) is 3.54. The number of amides is 1. The van der Waals surface area contributed by atoms with Crippen LogP contribution in [0.25, 0.3) is 0 Å². The number of likely N-dealkylation sites (tertiary alicyclic amines) is 1. The van der Waals surface area contributed by atoms with Crippen LogP contribution < -0.4 is 4.74 Å². The van der Waals surface area contributed by atoms with E-state index in [2.05, 4.69) is 15.0 Å². The highest BCUT2D eigenvalue weighted by Crippen LogP contribution is 2.17. The third kappa shape index (κ3) is 2.74. The molecule has 2 aromatic heterocycles. The molecule has 0 saturated carbocycles. The maximum Gasteiger partial charge on any atom is 0.291 e. The van der Waals surface area contributed by atoms with E-state index < -0.39 is 0 Å². The van der Waals surface area contributed by atoms with Crippen molar-refractivity contribution in [2.24, 2.45) is 0 Å². The van der Waals surface area contributed by atoms with E-state index in [0.717, 1.165) is 6.42 Å². The zero-order chi connectivity index (χ0) is 13.8. The molecule has 0 N–H and O–H groups in total. The predicted octanol–water partition coefficient (Wildman–Crippen LogP) is 1.17. The van der Waals surface area contributed by atoms with Gasteiger partial charge in [0.05, 0.1) is 6.54 Å². The molecule has 0 radical (unpaired) electrons. The molecule has 6 heteroatoms. The predicted molar refractivity (Wildman–Crippen MR) is 71.2 cm³/mol. The molecular weight excluding hydrogens is 256 g/mol. The fourth-order valence-electron chi connectivity index (χ4n) is 2.15. The Morgan fingerprint density at radius 3 is 2.70 bits per heavy atom. The summed E-state index contributed by atoms with van der Waals surface area (Å²) in [6, 6.07) is 7.21. The van der Waals surface area contributed by atoms with Gasteiger partial charge >= 0.3 is 0 Å². The van der Waals surface area contributed by atoms with Gasteiger partial charge in [-0.05, 0) is 12.1 Å². The average Bonchev–Trinajstić information content (AvgIpc) is 2.97. The van der Waals surface area contributed by atoms with Gasteiger partial charge in [-0.2, -0.15) is 0 Å². The fraction of sp³-hybridized carbons (Fsp3) is 0.286. The number of carbonyl (C=O) groups is 1. The Balaban J connectivity index is 1.61. The molecule has 3 rings (SSSR count). The zero-order valence-corrected chi connectivity index (χ0v) is 10.8. The van der Waals surface area contributed by atoms with E-state index in [4.69, 9.17) is 4.74 Å². The number of aromatic nitrogens is 3. The van der Waals surface area contributed by atoms with Crippen molar-refractivity contribution in [2.45, 2.75) is 12.5 Å². The highest BCUT2D eigenvalue weighted by Gasteiger charge is 2.29. The average molecular weight is 270 g/mol. The van der Waals surface area contributed by atoms with Crippen molar-refractivity contribution >= 4 is 5.91 Å². The van der Waals surface area contributed by atoms with Crippen LogP contribution in [0.2, 0.25) is 0 Å². The van der Waals surface area contributed by atoms with E-state index in [1.54, 1.807) is 29.6 Å². The number of pyridine rings is 1. The Morgan fingerprint density at radius 2 is 1.95 bits per heavy atom. The quantitative estimate of drug-likeness (QED) is 0.837. The van der Waals surface area contributed by atoms with Gasteiger partial charge in [-0.15, -0.1) is 0 Å². The Labute approximate surface area is 116 Å². The van der Waals surface area contributed by atoms with Crippen LogP contribution in [0.5, 0.6) is 5.88 Å². The van der Waals surface area contributed by atoms with Gasteiger partial charge in [0.15, 0.2) is 0 Å². The summed E-state index contributed by atoms with van der Waals surface area (Å²) in [6.07, 6.45) is 5.58. The molecular formula is C14H14N4O2. The molecule has 1 amide bonds. The Morgan fingerprint density at radius 1 is 1.15 bits per heavy atom. The topological polar surface area (TPSA) is 68.2 Å². The SMILES string of the molecule is O=C(c1ncccn1)N1CC[C@@H](Oc2ccccn2)C1. The number of carbonyl (C=O) groups excluding carboxylic acids is 1. The van der Waals surface area contributed by atoms with Crippen molar-refractivity contribution in [3.63, 3.8) is 0 Å². The summed E-state index contributed by atoms with van der Waals surface area (Å²) in [5.41, 5.74) is 0. The number of hydrogen-bond donors (Lipinski definition) is 0. The number of rotatable bonds is 3. The van der Waals surface area contributed by atoms with E-state index in [0.29, 0.717) is 19.0 Å². The molecule has 1 atom stereocenters. The van der Waals surface area contributed by atoms with Gasteiger partial charge in [-0.1, -0.05) is 6.07 Å². The fourth-order valence-corrected chi connectivity index (χ4v) is 2.15. The Bertz CT molecular complexity index is 576. The molecule has 0 aromatic carbocycles. The van der Waals surface area contributed by atoms with Crippen LogP contribution in [0.1, 0.15) is 17.0 Å². The largest absolute Gasteiger partial charge is 0.472 e. The van der Waals surface area contributed by atoms with Crippen LogP contribution >= 0.6 is 0 Å². The van der Waals surface area contributed by atoms with Crippen molar-refractivity contribution in [1.29, 1.82) is 0 Å². The molecule has 1 aliphatic rings. The van der Waals surface area contributed by atoms with Gasteiger partial charge in [-0.25, -0.2) is 15.0 Å². The molecule has 1 saturated heterocycles. The molecule has 6 nitrogen and oxygen atoms in total. The summed E-state index contributed by atoms with van der Waals surface area (Å²) in [6.45, 7) is 1.18. The molecule has 3 heterocycles. The van der Waals surface area contributed by atoms with E-state index in [9.17, 15) is 4.79 Å². The van der Waals surface area contributed by atoms with Gasteiger partial charge in [0, 0.05) is 37.6 Å².